The molecular formula is C14H18O. The van der Waals surface area contributed by atoms with Crippen LogP contribution in [-0.2, 0) is 5.41 Å². The first-order chi connectivity index (χ1) is 7.04. The molecule has 15 heavy (non-hydrogen) atoms. The van der Waals surface area contributed by atoms with E-state index in [1.54, 1.807) is 0 Å². The van der Waals surface area contributed by atoms with Gasteiger partial charge in [0, 0.05) is 0 Å². The minimum Gasteiger partial charge on any atom is -0.481 e. The molecule has 0 N–H and O–H groups in total. The van der Waals surface area contributed by atoms with Gasteiger partial charge in [0.15, 0.2) is 0 Å². The van der Waals surface area contributed by atoms with E-state index in [9.17, 15) is 0 Å². The molecule has 0 unspecified atom stereocenters. The molecule has 1 rings (SSSR count). The molecule has 0 aliphatic rings. The van der Waals surface area contributed by atoms with Crippen LogP contribution in [0.25, 0.3) is 0 Å². The Kier molecular flexibility index (Phi) is 3.80. The van der Waals surface area contributed by atoms with Gasteiger partial charge < -0.3 is 4.74 Å². The van der Waals surface area contributed by atoms with E-state index in [-0.39, 0.29) is 5.41 Å². The SMILES string of the molecule is CC#CCOc1ccc(C(C)(C)C)cc1. The molecule has 1 aromatic rings. The van der Waals surface area contributed by atoms with E-state index in [1.807, 2.05) is 19.1 Å². The number of hydrogen-bond acceptors (Lipinski definition) is 1. The summed E-state index contributed by atoms with van der Waals surface area (Å²) in [5, 5.41) is 0. The fourth-order valence-corrected chi connectivity index (χ4v) is 1.24. The zero-order valence-corrected chi connectivity index (χ0v) is 9.92. The molecule has 0 amide bonds. The van der Waals surface area contributed by atoms with Gasteiger partial charge >= 0.3 is 0 Å². The largest absolute Gasteiger partial charge is 0.481 e. The molecule has 0 heterocycles. The molecule has 80 valence electrons. The second-order valence-corrected chi connectivity index (χ2v) is 4.49. The Hall–Kier alpha value is -1.42. The molecule has 0 aromatic heterocycles. The highest BCUT2D eigenvalue weighted by atomic mass is 16.5. The number of ether oxygens (including phenoxy) is 1. The summed E-state index contributed by atoms with van der Waals surface area (Å²) < 4.78 is 5.44. The van der Waals surface area contributed by atoms with Crippen LogP contribution in [0.2, 0.25) is 0 Å². The third-order valence-corrected chi connectivity index (χ3v) is 2.21. The molecule has 0 aliphatic carbocycles. The Bertz CT molecular complexity index is 357. The van der Waals surface area contributed by atoms with Gasteiger partial charge in [-0.3, -0.25) is 0 Å². The highest BCUT2D eigenvalue weighted by Crippen LogP contribution is 2.24. The molecule has 0 fully saturated rings. The van der Waals surface area contributed by atoms with Gasteiger partial charge in [-0.05, 0) is 30.0 Å². The first kappa shape index (κ1) is 11.7. The number of benzene rings is 1. The zero-order chi connectivity index (χ0) is 11.3. The van der Waals surface area contributed by atoms with Gasteiger partial charge in [-0.15, -0.1) is 5.92 Å². The average Bonchev–Trinajstić information content (AvgIpc) is 2.18. The fourth-order valence-electron chi connectivity index (χ4n) is 1.24. The van der Waals surface area contributed by atoms with Crippen molar-refractivity contribution >= 4 is 0 Å². The second kappa shape index (κ2) is 4.89. The van der Waals surface area contributed by atoms with Crippen molar-refractivity contribution in [3.05, 3.63) is 29.8 Å². The van der Waals surface area contributed by atoms with Crippen molar-refractivity contribution in [3.8, 4) is 17.6 Å². The van der Waals surface area contributed by atoms with Crippen molar-refractivity contribution in [1.82, 2.24) is 0 Å². The van der Waals surface area contributed by atoms with Gasteiger partial charge in [0.25, 0.3) is 0 Å². The van der Waals surface area contributed by atoms with Crippen LogP contribution in [0, 0.1) is 11.8 Å². The molecule has 0 saturated heterocycles. The average molecular weight is 202 g/mol. The molecule has 1 aromatic carbocycles. The summed E-state index contributed by atoms with van der Waals surface area (Å²) in [5.41, 5.74) is 1.51. The van der Waals surface area contributed by atoms with Crippen LogP contribution in [0.3, 0.4) is 0 Å². The van der Waals surface area contributed by atoms with E-state index in [4.69, 9.17) is 4.74 Å². The topological polar surface area (TPSA) is 9.23 Å². The van der Waals surface area contributed by atoms with Crippen molar-refractivity contribution in [1.29, 1.82) is 0 Å². The van der Waals surface area contributed by atoms with Gasteiger partial charge in [0.05, 0.1) is 0 Å². The molecule has 0 aliphatic heterocycles. The van der Waals surface area contributed by atoms with Gasteiger partial charge in [0.1, 0.15) is 12.4 Å². The highest BCUT2D eigenvalue weighted by Gasteiger charge is 2.12. The summed E-state index contributed by atoms with van der Waals surface area (Å²) in [6.07, 6.45) is 0. The van der Waals surface area contributed by atoms with Gasteiger partial charge in [-0.2, -0.15) is 0 Å². The summed E-state index contributed by atoms with van der Waals surface area (Å²) in [4.78, 5) is 0. The molecule has 1 nitrogen and oxygen atoms in total. The molecule has 0 radical (unpaired) electrons. The van der Waals surface area contributed by atoms with Crippen molar-refractivity contribution in [2.45, 2.75) is 33.1 Å². The first-order valence-corrected chi connectivity index (χ1v) is 5.17. The standard InChI is InChI=1S/C14H18O/c1-5-6-11-15-13-9-7-12(8-10-13)14(2,3)4/h7-10H,11H2,1-4H3. The van der Waals surface area contributed by atoms with Crippen molar-refractivity contribution in [2.24, 2.45) is 0 Å². The normalized spacial score (nSPS) is 10.4. The highest BCUT2D eigenvalue weighted by molar-refractivity contribution is 5.31. The maximum atomic E-state index is 5.44. The van der Waals surface area contributed by atoms with Gasteiger partial charge in [0.2, 0.25) is 0 Å². The van der Waals surface area contributed by atoms with Crippen LogP contribution in [0.15, 0.2) is 24.3 Å². The predicted octanol–water partition coefficient (Wildman–Crippen LogP) is 3.39. The monoisotopic (exact) mass is 202 g/mol. The summed E-state index contributed by atoms with van der Waals surface area (Å²) >= 11 is 0. The smallest absolute Gasteiger partial charge is 0.149 e. The summed E-state index contributed by atoms with van der Waals surface area (Å²) in [7, 11) is 0. The Labute approximate surface area is 92.5 Å². The van der Waals surface area contributed by atoms with Crippen molar-refractivity contribution in [2.75, 3.05) is 6.61 Å². The third kappa shape index (κ3) is 3.67. The van der Waals surface area contributed by atoms with Crippen LogP contribution in [-0.4, -0.2) is 6.61 Å². The lowest BCUT2D eigenvalue weighted by Gasteiger charge is -2.18. The third-order valence-electron chi connectivity index (χ3n) is 2.21. The van der Waals surface area contributed by atoms with Crippen LogP contribution in [0.4, 0.5) is 0 Å². The summed E-state index contributed by atoms with van der Waals surface area (Å²) in [6.45, 7) is 8.87. The van der Waals surface area contributed by atoms with Crippen LogP contribution >= 0.6 is 0 Å². The minimum atomic E-state index is 0.196. The quantitative estimate of drug-likeness (QED) is 0.668. The van der Waals surface area contributed by atoms with E-state index in [0.717, 1.165) is 5.75 Å². The van der Waals surface area contributed by atoms with E-state index in [0.29, 0.717) is 6.61 Å². The van der Waals surface area contributed by atoms with Crippen molar-refractivity contribution in [3.63, 3.8) is 0 Å². The fraction of sp³-hybridized carbons (Fsp3) is 0.429. The van der Waals surface area contributed by atoms with Crippen LogP contribution in [0.5, 0.6) is 5.75 Å². The van der Waals surface area contributed by atoms with Crippen LogP contribution < -0.4 is 4.74 Å². The lowest BCUT2D eigenvalue weighted by atomic mass is 9.87. The first-order valence-electron chi connectivity index (χ1n) is 5.17. The molecule has 0 atom stereocenters. The minimum absolute atomic E-state index is 0.196. The molecule has 1 heteroatoms. The second-order valence-electron chi connectivity index (χ2n) is 4.49. The van der Waals surface area contributed by atoms with Gasteiger partial charge in [-0.25, -0.2) is 0 Å². The summed E-state index contributed by atoms with van der Waals surface area (Å²) in [5.74, 6) is 6.55. The Morgan fingerprint density at radius 1 is 1.13 bits per heavy atom. The number of hydrogen-bond donors (Lipinski definition) is 0. The zero-order valence-electron chi connectivity index (χ0n) is 9.92. The Balaban J connectivity index is 2.67. The van der Waals surface area contributed by atoms with E-state index < -0.39 is 0 Å². The lowest BCUT2D eigenvalue weighted by Crippen LogP contribution is -2.10. The molecule has 0 saturated carbocycles. The predicted molar refractivity (Wildman–Crippen MR) is 64.1 cm³/mol. The maximum absolute atomic E-state index is 5.44. The lowest BCUT2D eigenvalue weighted by molar-refractivity contribution is 0.370. The molecule has 0 spiro atoms. The molecule has 0 bridgehead atoms. The van der Waals surface area contributed by atoms with E-state index >= 15 is 0 Å². The summed E-state index contributed by atoms with van der Waals surface area (Å²) in [6, 6.07) is 8.21. The Morgan fingerprint density at radius 3 is 2.20 bits per heavy atom. The maximum Gasteiger partial charge on any atom is 0.149 e. The Morgan fingerprint density at radius 2 is 1.73 bits per heavy atom. The van der Waals surface area contributed by atoms with Gasteiger partial charge in [-0.1, -0.05) is 38.8 Å². The van der Waals surface area contributed by atoms with Crippen molar-refractivity contribution < 1.29 is 4.74 Å². The molecular weight excluding hydrogens is 184 g/mol. The van der Waals surface area contributed by atoms with Crippen LogP contribution in [0.1, 0.15) is 33.3 Å². The van der Waals surface area contributed by atoms with E-state index in [1.165, 1.54) is 5.56 Å². The van der Waals surface area contributed by atoms with E-state index in [2.05, 4.69) is 44.7 Å². The number of rotatable bonds is 2.